The molecule has 38 heavy (non-hydrogen) atoms. The van der Waals surface area contributed by atoms with Crippen molar-refractivity contribution in [3.05, 3.63) is 93.0 Å². The van der Waals surface area contributed by atoms with Crippen LogP contribution in [0.25, 0.3) is 0 Å². The first-order chi connectivity index (χ1) is 18.3. The fourth-order valence-electron chi connectivity index (χ4n) is 5.50. The quantitative estimate of drug-likeness (QED) is 0.348. The Kier molecular flexibility index (Phi) is 7.08. The van der Waals surface area contributed by atoms with Gasteiger partial charge in [-0.25, -0.2) is 0 Å². The second kappa shape index (κ2) is 10.3. The lowest BCUT2D eigenvalue weighted by Gasteiger charge is -2.46. The van der Waals surface area contributed by atoms with E-state index in [1.165, 1.54) is 0 Å². The maximum atomic E-state index is 14.2. The number of terminal acetylenes is 1. The third kappa shape index (κ3) is 4.40. The molecule has 3 aromatic carbocycles. The molecular formula is C29H24Cl2N2O5. The smallest absolute Gasteiger partial charge is 0.238 e. The van der Waals surface area contributed by atoms with Gasteiger partial charge in [0.25, 0.3) is 0 Å². The maximum Gasteiger partial charge on any atom is 0.238 e. The molecule has 0 aliphatic carbocycles. The molecule has 4 atom stereocenters. The molecule has 2 aliphatic rings. The Morgan fingerprint density at radius 1 is 1.11 bits per heavy atom. The first kappa shape index (κ1) is 26.1. The van der Waals surface area contributed by atoms with E-state index in [0.717, 1.165) is 5.56 Å². The van der Waals surface area contributed by atoms with Crippen molar-refractivity contribution in [2.24, 2.45) is 0 Å². The minimum absolute atomic E-state index is 0.0283. The Morgan fingerprint density at radius 3 is 2.63 bits per heavy atom. The molecule has 194 valence electrons. The van der Waals surface area contributed by atoms with Crippen LogP contribution in [0, 0.1) is 12.3 Å². The van der Waals surface area contributed by atoms with E-state index >= 15 is 0 Å². The summed E-state index contributed by atoms with van der Waals surface area (Å²) in [5.74, 6) is 1.71. The minimum Gasteiger partial charge on any atom is -0.490 e. The number of ether oxygens (including phenoxy) is 1. The highest BCUT2D eigenvalue weighted by Gasteiger charge is 2.61. The van der Waals surface area contributed by atoms with Gasteiger partial charge in [0.05, 0.1) is 12.6 Å². The van der Waals surface area contributed by atoms with E-state index in [0.29, 0.717) is 38.2 Å². The Labute approximate surface area is 229 Å². The van der Waals surface area contributed by atoms with Gasteiger partial charge in [0.2, 0.25) is 11.8 Å². The van der Waals surface area contributed by atoms with Gasteiger partial charge in [-0.15, -0.1) is 6.42 Å². The highest BCUT2D eigenvalue weighted by Crippen LogP contribution is 2.58. The summed E-state index contributed by atoms with van der Waals surface area (Å²) in [6.45, 7) is -0.696. The largest absolute Gasteiger partial charge is 0.490 e. The van der Waals surface area contributed by atoms with Gasteiger partial charge < -0.3 is 25.6 Å². The van der Waals surface area contributed by atoms with E-state index in [2.05, 4.69) is 16.6 Å². The first-order valence-electron chi connectivity index (χ1n) is 12.0. The summed E-state index contributed by atoms with van der Waals surface area (Å²) in [6, 6.07) is 16.4. The van der Waals surface area contributed by atoms with Crippen molar-refractivity contribution in [3.63, 3.8) is 0 Å². The average Bonchev–Trinajstić information content (AvgIpc) is 3.19. The van der Waals surface area contributed by atoms with Crippen LogP contribution in [0.15, 0.2) is 60.7 Å². The molecule has 2 amide bonds. The van der Waals surface area contributed by atoms with E-state index in [1.54, 1.807) is 54.6 Å². The van der Waals surface area contributed by atoms with E-state index in [4.69, 9.17) is 34.4 Å². The number of halogens is 2. The predicted octanol–water partition coefficient (Wildman–Crippen LogP) is 3.94. The number of benzene rings is 3. The zero-order valence-corrected chi connectivity index (χ0v) is 21.6. The summed E-state index contributed by atoms with van der Waals surface area (Å²) in [6.07, 6.45) is 4.62. The number of piperidine rings is 1. The van der Waals surface area contributed by atoms with Crippen LogP contribution in [0.3, 0.4) is 0 Å². The topological polar surface area (TPSA) is 108 Å². The SMILES string of the molecule is C#Cc1ccc(OCC(O)CO)c(C2NC(=O)CC(c3cccc(Cl)c3)C23C(=O)Nc2cc(Cl)ccc23)c1. The lowest BCUT2D eigenvalue weighted by molar-refractivity contribution is -0.131. The fourth-order valence-corrected chi connectivity index (χ4v) is 5.87. The molecule has 7 nitrogen and oxygen atoms in total. The molecule has 0 radical (unpaired) electrons. The van der Waals surface area contributed by atoms with Crippen molar-refractivity contribution >= 4 is 40.7 Å². The second-order valence-electron chi connectivity index (χ2n) is 9.37. The maximum absolute atomic E-state index is 14.2. The van der Waals surface area contributed by atoms with Crippen LogP contribution in [0.5, 0.6) is 5.75 Å². The lowest BCUT2D eigenvalue weighted by Crippen LogP contribution is -2.57. The number of hydrogen-bond donors (Lipinski definition) is 4. The molecule has 4 unspecified atom stereocenters. The van der Waals surface area contributed by atoms with Gasteiger partial charge in [0.1, 0.15) is 23.9 Å². The second-order valence-corrected chi connectivity index (χ2v) is 10.2. The number of nitrogens with one attached hydrogen (secondary N) is 2. The van der Waals surface area contributed by atoms with E-state index in [1.807, 2.05) is 6.07 Å². The number of aliphatic hydroxyl groups excluding tert-OH is 2. The number of carbonyl (C=O) groups is 2. The van der Waals surface area contributed by atoms with Crippen LogP contribution in [-0.2, 0) is 15.0 Å². The van der Waals surface area contributed by atoms with Gasteiger partial charge in [-0.3, -0.25) is 9.59 Å². The molecule has 3 aromatic rings. The lowest BCUT2D eigenvalue weighted by atomic mass is 9.59. The molecule has 0 aromatic heterocycles. The summed E-state index contributed by atoms with van der Waals surface area (Å²) >= 11 is 12.6. The van der Waals surface area contributed by atoms with Gasteiger partial charge >= 0.3 is 0 Å². The van der Waals surface area contributed by atoms with Crippen molar-refractivity contribution in [2.45, 2.75) is 29.9 Å². The molecule has 9 heteroatoms. The molecule has 1 fully saturated rings. The molecule has 5 rings (SSSR count). The van der Waals surface area contributed by atoms with Gasteiger partial charge in [-0.05, 0) is 53.6 Å². The predicted molar refractivity (Wildman–Crippen MR) is 144 cm³/mol. The van der Waals surface area contributed by atoms with Crippen LogP contribution >= 0.6 is 23.2 Å². The summed E-state index contributed by atoms with van der Waals surface area (Å²) < 4.78 is 5.88. The third-order valence-electron chi connectivity index (χ3n) is 7.13. The van der Waals surface area contributed by atoms with Crippen molar-refractivity contribution in [1.29, 1.82) is 0 Å². The van der Waals surface area contributed by atoms with Crippen LogP contribution in [-0.4, -0.2) is 41.3 Å². The summed E-state index contributed by atoms with van der Waals surface area (Å²) in [5.41, 5.74) is 1.58. The molecule has 4 N–H and O–H groups in total. The van der Waals surface area contributed by atoms with Crippen molar-refractivity contribution in [2.75, 3.05) is 18.5 Å². The van der Waals surface area contributed by atoms with Gasteiger partial charge in [-0.2, -0.15) is 0 Å². The van der Waals surface area contributed by atoms with Crippen LogP contribution in [0.2, 0.25) is 10.0 Å². The van der Waals surface area contributed by atoms with Gasteiger partial charge in [-0.1, -0.05) is 47.3 Å². The number of carbonyl (C=O) groups excluding carboxylic acids is 2. The van der Waals surface area contributed by atoms with Crippen LogP contribution in [0.4, 0.5) is 5.69 Å². The molecule has 2 aliphatic heterocycles. The highest BCUT2D eigenvalue weighted by atomic mass is 35.5. The van der Waals surface area contributed by atoms with Crippen molar-refractivity contribution < 1.29 is 24.5 Å². The monoisotopic (exact) mass is 550 g/mol. The molecule has 1 saturated heterocycles. The van der Waals surface area contributed by atoms with Crippen LogP contribution < -0.4 is 15.4 Å². The Bertz CT molecular complexity index is 1470. The first-order valence-corrected chi connectivity index (χ1v) is 12.7. The third-order valence-corrected chi connectivity index (χ3v) is 7.60. The molecule has 2 heterocycles. The summed E-state index contributed by atoms with van der Waals surface area (Å²) in [7, 11) is 0. The van der Waals surface area contributed by atoms with E-state index in [9.17, 15) is 19.8 Å². The summed E-state index contributed by atoms with van der Waals surface area (Å²) in [4.78, 5) is 27.4. The Hall–Kier alpha value is -3.54. The van der Waals surface area contributed by atoms with Gasteiger partial charge in [0, 0.05) is 39.2 Å². The number of fused-ring (bicyclic) bond motifs is 2. The van der Waals surface area contributed by atoms with Gasteiger partial charge in [0.15, 0.2) is 0 Å². The standard InChI is InChI=1S/C29H24Cl2N2O5/c1-2-16-6-9-25(38-15-20(35)14-34)21(10-16)27-29(22-8-7-19(31)12-24(22)32-28(29)37)23(13-26(36)33-27)17-4-3-5-18(30)11-17/h1,3-12,20,23,27,34-35H,13-15H2,(H,32,37)(H,33,36). The number of aliphatic hydroxyl groups is 2. The van der Waals surface area contributed by atoms with Crippen LogP contribution in [0.1, 0.15) is 40.6 Å². The van der Waals surface area contributed by atoms with Crippen molar-refractivity contribution in [3.8, 4) is 18.1 Å². The van der Waals surface area contributed by atoms with E-state index in [-0.39, 0.29) is 24.8 Å². The summed E-state index contributed by atoms with van der Waals surface area (Å²) in [5, 5.41) is 26.1. The average molecular weight is 551 g/mol. The highest BCUT2D eigenvalue weighted by molar-refractivity contribution is 6.31. The fraction of sp³-hybridized carbons (Fsp3) is 0.241. The molecule has 0 bridgehead atoms. The zero-order chi connectivity index (χ0) is 27.0. The number of hydrogen-bond acceptors (Lipinski definition) is 5. The Morgan fingerprint density at radius 2 is 1.89 bits per heavy atom. The minimum atomic E-state index is -1.32. The number of anilines is 1. The molecule has 0 saturated carbocycles. The van der Waals surface area contributed by atoms with Crippen molar-refractivity contribution in [1.82, 2.24) is 5.32 Å². The normalized spacial score (nSPS) is 22.8. The zero-order valence-electron chi connectivity index (χ0n) is 20.1. The number of amides is 2. The molecule has 1 spiro atoms. The number of rotatable bonds is 6. The van der Waals surface area contributed by atoms with E-state index < -0.39 is 30.1 Å². The Balaban J connectivity index is 1.78. The molecular weight excluding hydrogens is 527 g/mol.